The first-order valence-electron chi connectivity index (χ1n) is 5.35. The van der Waals surface area contributed by atoms with Crippen LogP contribution in [0.3, 0.4) is 0 Å². The van der Waals surface area contributed by atoms with Gasteiger partial charge in [0.1, 0.15) is 0 Å². The minimum Gasteiger partial charge on any atom is -0.463 e. The fraction of sp³-hybridized carbons (Fsp3) is 0.727. The molecule has 4 nitrogen and oxygen atoms in total. The SMILES string of the molecule is CCOC(=O)C1=CC(F)(F)C1(N(C)C)N(C)C. The van der Waals surface area contributed by atoms with Gasteiger partial charge in [0, 0.05) is 6.08 Å². The van der Waals surface area contributed by atoms with E-state index in [4.69, 9.17) is 4.74 Å². The Balaban J connectivity index is 3.20. The Morgan fingerprint density at radius 2 is 1.76 bits per heavy atom. The molecule has 1 aliphatic rings. The third-order valence-corrected chi connectivity index (χ3v) is 2.96. The van der Waals surface area contributed by atoms with Crippen molar-refractivity contribution < 1.29 is 18.3 Å². The highest BCUT2D eigenvalue weighted by atomic mass is 19.3. The third-order valence-electron chi connectivity index (χ3n) is 2.96. The topological polar surface area (TPSA) is 32.8 Å². The molecule has 0 amide bonds. The van der Waals surface area contributed by atoms with Crippen LogP contribution in [0.2, 0.25) is 0 Å². The van der Waals surface area contributed by atoms with E-state index in [9.17, 15) is 13.6 Å². The Morgan fingerprint density at radius 3 is 2.06 bits per heavy atom. The highest BCUT2D eigenvalue weighted by molar-refractivity contribution is 5.94. The molecule has 0 heterocycles. The first-order chi connectivity index (χ1) is 7.71. The van der Waals surface area contributed by atoms with Gasteiger partial charge in [-0.25, -0.2) is 4.79 Å². The lowest BCUT2D eigenvalue weighted by atomic mass is 9.78. The molecule has 17 heavy (non-hydrogen) atoms. The fourth-order valence-electron chi connectivity index (χ4n) is 2.37. The molecular formula is C11H18F2N2O2. The molecule has 0 aromatic carbocycles. The van der Waals surface area contributed by atoms with Crippen LogP contribution in [0.25, 0.3) is 0 Å². The van der Waals surface area contributed by atoms with Crippen LogP contribution in [-0.4, -0.2) is 62.2 Å². The number of rotatable bonds is 4. The van der Waals surface area contributed by atoms with E-state index in [-0.39, 0.29) is 12.2 Å². The zero-order valence-electron chi connectivity index (χ0n) is 10.8. The average Bonchev–Trinajstić information content (AvgIpc) is 2.13. The smallest absolute Gasteiger partial charge is 0.337 e. The molecule has 0 N–H and O–H groups in total. The second kappa shape index (κ2) is 4.34. The number of ether oxygens (including phenoxy) is 1. The maximum atomic E-state index is 13.8. The maximum Gasteiger partial charge on any atom is 0.337 e. The third kappa shape index (κ3) is 1.75. The van der Waals surface area contributed by atoms with E-state index in [0.717, 1.165) is 0 Å². The highest BCUT2D eigenvalue weighted by Gasteiger charge is 2.68. The van der Waals surface area contributed by atoms with Gasteiger partial charge in [0.05, 0.1) is 12.2 Å². The minimum atomic E-state index is -3.08. The molecule has 0 aromatic rings. The molecule has 98 valence electrons. The van der Waals surface area contributed by atoms with E-state index in [1.54, 1.807) is 6.92 Å². The van der Waals surface area contributed by atoms with Gasteiger partial charge in [0.15, 0.2) is 5.66 Å². The maximum absolute atomic E-state index is 13.8. The molecule has 0 atom stereocenters. The zero-order chi connectivity index (χ0) is 13.4. The van der Waals surface area contributed by atoms with Gasteiger partial charge in [-0.15, -0.1) is 0 Å². The van der Waals surface area contributed by atoms with Crippen molar-refractivity contribution in [2.24, 2.45) is 0 Å². The van der Waals surface area contributed by atoms with Crippen molar-refractivity contribution in [2.75, 3.05) is 34.8 Å². The number of nitrogens with zero attached hydrogens (tertiary/aromatic N) is 2. The van der Waals surface area contributed by atoms with Crippen molar-refractivity contribution in [2.45, 2.75) is 18.5 Å². The van der Waals surface area contributed by atoms with Crippen LogP contribution in [0.15, 0.2) is 11.6 Å². The Morgan fingerprint density at radius 1 is 1.29 bits per heavy atom. The quantitative estimate of drug-likeness (QED) is 0.547. The summed E-state index contributed by atoms with van der Waals surface area (Å²) in [4.78, 5) is 14.3. The number of carbonyl (C=O) groups excluding carboxylic acids is 1. The van der Waals surface area contributed by atoms with Crippen LogP contribution in [-0.2, 0) is 9.53 Å². The summed E-state index contributed by atoms with van der Waals surface area (Å²) in [6.07, 6.45) is 0.672. The van der Waals surface area contributed by atoms with Gasteiger partial charge in [-0.2, -0.15) is 8.78 Å². The summed E-state index contributed by atoms with van der Waals surface area (Å²) in [6.45, 7) is 1.81. The van der Waals surface area contributed by atoms with Gasteiger partial charge in [-0.05, 0) is 35.1 Å². The summed E-state index contributed by atoms with van der Waals surface area (Å²) >= 11 is 0. The van der Waals surface area contributed by atoms with Gasteiger partial charge in [-0.1, -0.05) is 0 Å². The largest absolute Gasteiger partial charge is 0.463 e. The number of halogens is 2. The highest BCUT2D eigenvalue weighted by Crippen LogP contribution is 2.50. The van der Waals surface area contributed by atoms with Gasteiger partial charge in [0.2, 0.25) is 0 Å². The standard InChI is InChI=1S/C11H18F2N2O2/c1-6-17-9(16)8-7-10(12,13)11(8,14(2)3)15(4)5/h7H,6H2,1-5H3. The molecule has 0 bridgehead atoms. The van der Waals surface area contributed by atoms with Crippen LogP contribution in [0.4, 0.5) is 8.78 Å². The van der Waals surface area contributed by atoms with Crippen LogP contribution >= 0.6 is 0 Å². The van der Waals surface area contributed by atoms with Crippen molar-refractivity contribution in [3.63, 3.8) is 0 Å². The Bertz CT molecular complexity index is 343. The number of esters is 1. The fourth-order valence-corrected chi connectivity index (χ4v) is 2.37. The van der Waals surface area contributed by atoms with E-state index >= 15 is 0 Å². The lowest BCUT2D eigenvalue weighted by Gasteiger charge is -2.54. The molecule has 1 aliphatic carbocycles. The summed E-state index contributed by atoms with van der Waals surface area (Å²) in [5, 5.41) is 0. The van der Waals surface area contributed by atoms with Crippen molar-refractivity contribution in [3.05, 3.63) is 11.6 Å². The first kappa shape index (κ1) is 14.1. The van der Waals surface area contributed by atoms with Gasteiger partial charge in [0.25, 0.3) is 0 Å². The van der Waals surface area contributed by atoms with E-state index in [0.29, 0.717) is 6.08 Å². The van der Waals surface area contributed by atoms with Crippen molar-refractivity contribution in [1.29, 1.82) is 0 Å². The Kier molecular flexibility index (Phi) is 3.59. The van der Waals surface area contributed by atoms with Crippen LogP contribution in [0, 0.1) is 0 Å². The first-order valence-corrected chi connectivity index (χ1v) is 5.35. The van der Waals surface area contributed by atoms with Crippen molar-refractivity contribution in [3.8, 4) is 0 Å². The van der Waals surface area contributed by atoms with Crippen molar-refractivity contribution in [1.82, 2.24) is 9.80 Å². The molecule has 6 heteroatoms. The van der Waals surface area contributed by atoms with E-state index in [2.05, 4.69) is 0 Å². The molecule has 0 fully saturated rings. The number of likely N-dealkylation sites (N-methyl/N-ethyl adjacent to an activating group) is 2. The lowest BCUT2D eigenvalue weighted by molar-refractivity contribution is -0.181. The number of hydrogen-bond donors (Lipinski definition) is 0. The molecule has 0 unspecified atom stereocenters. The monoisotopic (exact) mass is 248 g/mol. The van der Waals surface area contributed by atoms with Crippen LogP contribution < -0.4 is 0 Å². The second-order valence-corrected chi connectivity index (χ2v) is 4.36. The van der Waals surface area contributed by atoms with Crippen molar-refractivity contribution >= 4 is 5.97 Å². The van der Waals surface area contributed by atoms with E-state index in [1.165, 1.54) is 38.0 Å². The molecule has 0 spiro atoms. The molecule has 0 saturated carbocycles. The van der Waals surface area contributed by atoms with Gasteiger partial charge >= 0.3 is 11.9 Å². The summed E-state index contributed by atoms with van der Waals surface area (Å²) < 4.78 is 32.5. The minimum absolute atomic E-state index is 0.0145. The average molecular weight is 248 g/mol. The Labute approximate surface area is 99.8 Å². The summed E-state index contributed by atoms with van der Waals surface area (Å²) in [6, 6.07) is 0. The molecule has 0 aliphatic heterocycles. The summed E-state index contributed by atoms with van der Waals surface area (Å²) in [7, 11) is 6.06. The zero-order valence-corrected chi connectivity index (χ0v) is 10.8. The summed E-state index contributed by atoms with van der Waals surface area (Å²) in [5.74, 6) is -3.77. The molecular weight excluding hydrogens is 230 g/mol. The van der Waals surface area contributed by atoms with Gasteiger partial charge in [-0.3, -0.25) is 9.80 Å². The van der Waals surface area contributed by atoms with Crippen LogP contribution in [0.1, 0.15) is 6.92 Å². The molecule has 0 aromatic heterocycles. The van der Waals surface area contributed by atoms with Crippen LogP contribution in [0.5, 0.6) is 0 Å². The molecule has 0 saturated heterocycles. The Hall–Kier alpha value is -1.01. The second-order valence-electron chi connectivity index (χ2n) is 4.36. The van der Waals surface area contributed by atoms with E-state index in [1.807, 2.05) is 0 Å². The molecule has 1 rings (SSSR count). The predicted molar refractivity (Wildman–Crippen MR) is 59.8 cm³/mol. The number of carbonyl (C=O) groups is 1. The van der Waals surface area contributed by atoms with Gasteiger partial charge < -0.3 is 4.74 Å². The lowest BCUT2D eigenvalue weighted by Crippen LogP contribution is -2.73. The number of alkyl halides is 2. The predicted octanol–water partition coefficient (Wildman–Crippen LogP) is 0.944. The number of hydrogen-bond acceptors (Lipinski definition) is 4. The molecule has 0 radical (unpaired) electrons. The summed E-state index contributed by atoms with van der Waals surface area (Å²) in [5.41, 5.74) is -1.74. The normalized spacial score (nSPS) is 21.1. The van der Waals surface area contributed by atoms with E-state index < -0.39 is 17.6 Å².